The van der Waals surface area contributed by atoms with Gasteiger partial charge in [0.1, 0.15) is 4.91 Å². The van der Waals surface area contributed by atoms with Crippen LogP contribution in [0, 0.1) is 6.92 Å². The van der Waals surface area contributed by atoms with Crippen molar-refractivity contribution in [3.63, 3.8) is 0 Å². The van der Waals surface area contributed by atoms with E-state index in [0.717, 1.165) is 10.6 Å². The predicted molar refractivity (Wildman–Crippen MR) is 79.8 cm³/mol. The molecule has 110 valence electrons. The van der Waals surface area contributed by atoms with Crippen molar-refractivity contribution < 1.29 is 33.3 Å². The summed E-state index contributed by atoms with van der Waals surface area (Å²) >= 11 is 1.58. The van der Waals surface area contributed by atoms with Crippen LogP contribution in [-0.4, -0.2) is 30.4 Å². The second-order valence-corrected chi connectivity index (χ2v) is 5.97. The van der Waals surface area contributed by atoms with Gasteiger partial charge in [0.2, 0.25) is 0 Å². The van der Waals surface area contributed by atoms with Crippen LogP contribution in [0.15, 0.2) is 5.38 Å². The van der Waals surface area contributed by atoms with Crippen LogP contribution in [0.25, 0.3) is 0 Å². The summed E-state index contributed by atoms with van der Waals surface area (Å²) in [5, 5.41) is 11.5. The van der Waals surface area contributed by atoms with E-state index in [1.165, 1.54) is 0 Å². The molecule has 0 bridgehead atoms. The van der Waals surface area contributed by atoms with Crippen molar-refractivity contribution in [2.45, 2.75) is 66.8 Å². The smallest absolute Gasteiger partial charge is 0.852 e. The molecule has 0 radical (unpaired) electrons. The molecule has 1 aromatic rings. The molecule has 0 atom stereocenters. The topological polar surface area (TPSA) is 54.4 Å². The zero-order chi connectivity index (χ0) is 15.0. The summed E-state index contributed by atoms with van der Waals surface area (Å²) in [4.78, 5) is 5.28. The van der Waals surface area contributed by atoms with Gasteiger partial charge in [-0.2, -0.15) is 0 Å². The van der Waals surface area contributed by atoms with E-state index in [9.17, 15) is 5.11 Å². The van der Waals surface area contributed by atoms with Crippen LogP contribution in [0.3, 0.4) is 0 Å². The number of rotatable bonds is 5. The van der Waals surface area contributed by atoms with Gasteiger partial charge in [-0.3, -0.25) is 4.98 Å². The number of aryl methyl sites for hydroxylation is 1. The van der Waals surface area contributed by atoms with Crippen LogP contribution in [-0.2, 0) is 9.31 Å². The van der Waals surface area contributed by atoms with Gasteiger partial charge in [0.15, 0.2) is 0 Å². The summed E-state index contributed by atoms with van der Waals surface area (Å²) in [6, 6.07) is 0. The molecule has 0 aliphatic heterocycles. The molecule has 0 saturated carbocycles. The standard InChI is InChI=1S/C10H18BNO2S.C3H7O.Li/c1-7(2)13-11(14-8(3)4)10-12-9(5)6-15-10;1-3(2)4;/h6-8H,1-5H3;3H,1-2H3;/q;-1;+1. The van der Waals surface area contributed by atoms with E-state index in [4.69, 9.17) is 9.31 Å². The Morgan fingerprint density at radius 3 is 1.75 bits per heavy atom. The van der Waals surface area contributed by atoms with Crippen molar-refractivity contribution in [2.75, 3.05) is 0 Å². The molecular weight excluding hydrogens is 268 g/mol. The fourth-order valence-electron chi connectivity index (χ4n) is 1.12. The number of aromatic nitrogens is 1. The molecule has 0 aliphatic carbocycles. The zero-order valence-electron chi connectivity index (χ0n) is 14.0. The summed E-state index contributed by atoms with van der Waals surface area (Å²) in [6.45, 7) is 13.2. The molecule has 0 spiro atoms. The minimum atomic E-state index is -0.417. The van der Waals surface area contributed by atoms with Gasteiger partial charge in [0.25, 0.3) is 0 Å². The van der Waals surface area contributed by atoms with Gasteiger partial charge in [-0.25, -0.2) is 0 Å². The molecule has 0 fully saturated rings. The summed E-state index contributed by atoms with van der Waals surface area (Å²) in [7, 11) is -0.330. The fourth-order valence-corrected chi connectivity index (χ4v) is 1.89. The first-order valence-electron chi connectivity index (χ1n) is 6.61. The second kappa shape index (κ2) is 11.8. The Bertz CT molecular complexity index is 335. The molecule has 7 heteroatoms. The van der Waals surface area contributed by atoms with Crippen molar-refractivity contribution in [3.05, 3.63) is 11.1 Å². The zero-order valence-corrected chi connectivity index (χ0v) is 14.8. The van der Waals surface area contributed by atoms with Gasteiger partial charge < -0.3 is 14.4 Å². The molecule has 0 aliphatic rings. The van der Waals surface area contributed by atoms with Crippen molar-refractivity contribution in [1.82, 2.24) is 4.98 Å². The molecule has 0 amide bonds. The van der Waals surface area contributed by atoms with Gasteiger partial charge in [0, 0.05) is 23.3 Å². The first-order valence-corrected chi connectivity index (χ1v) is 7.49. The third kappa shape index (κ3) is 12.0. The average molecular weight is 293 g/mol. The van der Waals surface area contributed by atoms with E-state index in [0.29, 0.717) is 0 Å². The summed E-state index contributed by atoms with van der Waals surface area (Å²) in [5.41, 5.74) is 1.01. The first-order chi connectivity index (χ1) is 8.72. The first kappa shape index (κ1) is 22.5. The maximum absolute atomic E-state index is 9.53. The van der Waals surface area contributed by atoms with Crippen LogP contribution in [0.1, 0.15) is 47.2 Å². The fraction of sp³-hybridized carbons (Fsp3) is 0.769. The molecule has 20 heavy (non-hydrogen) atoms. The Morgan fingerprint density at radius 2 is 1.50 bits per heavy atom. The van der Waals surface area contributed by atoms with Gasteiger partial charge >= 0.3 is 26.0 Å². The number of thiazole rings is 1. The molecule has 0 N–H and O–H groups in total. The molecule has 4 nitrogen and oxygen atoms in total. The van der Waals surface area contributed by atoms with Crippen LogP contribution in [0.2, 0.25) is 0 Å². The number of hydrogen-bond acceptors (Lipinski definition) is 5. The third-order valence-corrected chi connectivity index (χ3v) is 2.61. The van der Waals surface area contributed by atoms with E-state index in [1.807, 2.05) is 40.0 Å². The largest absolute Gasteiger partial charge is 1.00 e. The van der Waals surface area contributed by atoms with E-state index in [1.54, 1.807) is 25.2 Å². The molecule has 1 rings (SSSR count). The van der Waals surface area contributed by atoms with Gasteiger partial charge in [-0.05, 0) is 34.6 Å². The van der Waals surface area contributed by atoms with Crippen molar-refractivity contribution in [1.29, 1.82) is 0 Å². The summed E-state index contributed by atoms with van der Waals surface area (Å²) < 4.78 is 11.4. The molecular formula is C13H25BLiNO3S. The molecule has 1 heterocycles. The predicted octanol–water partition coefficient (Wildman–Crippen LogP) is -1.24. The number of hydrogen-bond donors (Lipinski definition) is 0. The minimum Gasteiger partial charge on any atom is -0.852 e. The Morgan fingerprint density at radius 1 is 1.10 bits per heavy atom. The Balaban J connectivity index is 0. The second-order valence-electron chi connectivity index (χ2n) is 5.08. The van der Waals surface area contributed by atoms with E-state index < -0.39 is 6.10 Å². The van der Waals surface area contributed by atoms with Gasteiger partial charge in [-0.15, -0.1) is 17.4 Å². The SMILES string of the molecule is CC(C)[O-].Cc1csc(B(OC(C)C)OC(C)C)n1.[Li+]. The summed E-state index contributed by atoms with van der Waals surface area (Å²) in [5.74, 6) is 0. The molecule has 0 aromatic carbocycles. The summed E-state index contributed by atoms with van der Waals surface area (Å²) in [6.07, 6.45) is -0.143. The Hall–Kier alpha value is 0.172. The van der Waals surface area contributed by atoms with E-state index >= 15 is 0 Å². The van der Waals surface area contributed by atoms with Crippen molar-refractivity contribution >= 4 is 23.4 Å². The maximum Gasteiger partial charge on any atom is 1.00 e. The molecule has 0 unspecified atom stereocenters. The number of nitrogens with zero attached hydrogens (tertiary/aromatic N) is 1. The third-order valence-electron chi connectivity index (χ3n) is 1.63. The van der Waals surface area contributed by atoms with Crippen LogP contribution in [0.4, 0.5) is 0 Å². The van der Waals surface area contributed by atoms with Crippen LogP contribution in [0.5, 0.6) is 0 Å². The molecule has 0 saturated heterocycles. The van der Waals surface area contributed by atoms with Crippen LogP contribution < -0.4 is 28.9 Å². The average Bonchev–Trinajstić information content (AvgIpc) is 2.61. The van der Waals surface area contributed by atoms with Gasteiger partial charge in [0.05, 0.1) is 0 Å². The van der Waals surface area contributed by atoms with Crippen LogP contribution >= 0.6 is 11.3 Å². The Labute approximate surface area is 139 Å². The van der Waals surface area contributed by atoms with Crippen molar-refractivity contribution in [3.8, 4) is 0 Å². The van der Waals surface area contributed by atoms with E-state index in [-0.39, 0.29) is 38.2 Å². The Kier molecular flexibility index (Phi) is 13.2. The minimum absolute atomic E-state index is 0. The normalized spacial score (nSPS) is 10.3. The van der Waals surface area contributed by atoms with E-state index in [2.05, 4.69) is 4.98 Å². The maximum atomic E-state index is 9.53. The van der Waals surface area contributed by atoms with Crippen molar-refractivity contribution in [2.24, 2.45) is 0 Å². The van der Waals surface area contributed by atoms with Gasteiger partial charge in [-0.1, -0.05) is 13.8 Å². The quantitative estimate of drug-likeness (QED) is 0.637. The molecule has 1 aromatic heterocycles. The monoisotopic (exact) mass is 293 g/mol.